The van der Waals surface area contributed by atoms with Crippen LogP contribution in [-0.2, 0) is 12.8 Å². The van der Waals surface area contributed by atoms with Crippen molar-refractivity contribution in [1.29, 1.82) is 5.26 Å². The molecule has 0 spiro atoms. The van der Waals surface area contributed by atoms with Gasteiger partial charge in [0.2, 0.25) is 0 Å². The Kier molecular flexibility index (Phi) is 3.46. The second-order valence-electron chi connectivity index (χ2n) is 4.33. The van der Waals surface area contributed by atoms with Gasteiger partial charge in [-0.15, -0.1) is 0 Å². The maximum Gasteiger partial charge on any atom is 0.122 e. The molecule has 0 fully saturated rings. The van der Waals surface area contributed by atoms with Crippen LogP contribution in [0.3, 0.4) is 0 Å². The number of benzene rings is 1. The van der Waals surface area contributed by atoms with Crippen molar-refractivity contribution in [3.8, 4) is 11.8 Å². The molecule has 0 amide bonds. The average molecular weight is 215 g/mol. The normalized spacial score (nSPS) is 15.8. The molecule has 0 radical (unpaired) electrons. The van der Waals surface area contributed by atoms with Gasteiger partial charge in [-0.2, -0.15) is 5.26 Å². The third kappa shape index (κ3) is 2.36. The summed E-state index contributed by atoms with van der Waals surface area (Å²) in [5.74, 6) is 1.17. The van der Waals surface area contributed by atoms with Gasteiger partial charge >= 0.3 is 0 Å². The molecule has 2 heteroatoms. The lowest BCUT2D eigenvalue weighted by Gasteiger charge is -2.18. The van der Waals surface area contributed by atoms with Crippen molar-refractivity contribution in [2.24, 2.45) is 5.92 Å². The highest BCUT2D eigenvalue weighted by molar-refractivity contribution is 5.38. The quantitative estimate of drug-likeness (QED) is 0.776. The minimum absolute atomic E-state index is 0.141. The van der Waals surface area contributed by atoms with Crippen molar-refractivity contribution in [2.45, 2.75) is 32.6 Å². The van der Waals surface area contributed by atoms with Gasteiger partial charge in [0, 0.05) is 0 Å². The molecule has 1 aromatic carbocycles. The first-order valence-electron chi connectivity index (χ1n) is 5.97. The summed E-state index contributed by atoms with van der Waals surface area (Å²) in [7, 11) is 0. The second-order valence-corrected chi connectivity index (χ2v) is 4.33. The van der Waals surface area contributed by atoms with E-state index < -0.39 is 0 Å². The Hall–Kier alpha value is -1.49. The van der Waals surface area contributed by atoms with E-state index >= 15 is 0 Å². The fraction of sp³-hybridized carbons (Fsp3) is 0.500. The van der Waals surface area contributed by atoms with Crippen molar-refractivity contribution < 1.29 is 4.74 Å². The highest BCUT2D eigenvalue weighted by atomic mass is 16.5. The Balaban J connectivity index is 2.14. The Morgan fingerprint density at radius 1 is 1.50 bits per heavy atom. The van der Waals surface area contributed by atoms with E-state index in [1.165, 1.54) is 11.1 Å². The average Bonchev–Trinajstić information content (AvgIpc) is 2.35. The molecule has 0 saturated heterocycles. The molecule has 1 unspecified atom stereocenters. The van der Waals surface area contributed by atoms with Gasteiger partial charge in [-0.1, -0.05) is 19.1 Å². The molecule has 1 aliphatic rings. The third-order valence-electron chi connectivity index (χ3n) is 3.13. The Morgan fingerprint density at radius 2 is 2.38 bits per heavy atom. The van der Waals surface area contributed by atoms with Crippen LogP contribution in [0, 0.1) is 17.2 Å². The lowest BCUT2D eigenvalue weighted by molar-refractivity contribution is 0.288. The fourth-order valence-electron chi connectivity index (χ4n) is 2.11. The lowest BCUT2D eigenvalue weighted by Crippen LogP contribution is -2.09. The van der Waals surface area contributed by atoms with Gasteiger partial charge in [0.05, 0.1) is 18.6 Å². The maximum absolute atomic E-state index is 8.95. The number of aryl methyl sites for hydroxylation is 1. The van der Waals surface area contributed by atoms with Crippen molar-refractivity contribution >= 4 is 0 Å². The second kappa shape index (κ2) is 5.03. The molecule has 0 N–H and O–H groups in total. The van der Waals surface area contributed by atoms with Gasteiger partial charge in [-0.05, 0) is 42.9 Å². The molecule has 0 aliphatic carbocycles. The molecule has 84 valence electrons. The Morgan fingerprint density at radius 3 is 3.12 bits per heavy atom. The van der Waals surface area contributed by atoms with Crippen molar-refractivity contribution in [2.75, 3.05) is 6.61 Å². The van der Waals surface area contributed by atoms with Crippen LogP contribution in [0.4, 0.5) is 0 Å². The van der Waals surface area contributed by atoms with Gasteiger partial charge in [-0.25, -0.2) is 0 Å². The van der Waals surface area contributed by atoms with Crippen molar-refractivity contribution in [3.63, 3.8) is 0 Å². The summed E-state index contributed by atoms with van der Waals surface area (Å²) >= 11 is 0. The van der Waals surface area contributed by atoms with Gasteiger partial charge < -0.3 is 4.74 Å². The summed E-state index contributed by atoms with van der Waals surface area (Å²) < 4.78 is 5.57. The predicted octanol–water partition coefficient (Wildman–Crippen LogP) is 3.10. The van der Waals surface area contributed by atoms with E-state index in [9.17, 15) is 0 Å². The first kappa shape index (κ1) is 11.0. The van der Waals surface area contributed by atoms with Crippen LogP contribution in [0.5, 0.6) is 5.75 Å². The molecule has 16 heavy (non-hydrogen) atoms. The highest BCUT2D eigenvalue weighted by Gasteiger charge is 2.12. The van der Waals surface area contributed by atoms with Gasteiger partial charge in [0.1, 0.15) is 5.75 Å². The topological polar surface area (TPSA) is 33.0 Å². The van der Waals surface area contributed by atoms with E-state index in [0.717, 1.165) is 38.0 Å². The van der Waals surface area contributed by atoms with E-state index in [1.807, 2.05) is 6.07 Å². The van der Waals surface area contributed by atoms with Crippen molar-refractivity contribution in [1.82, 2.24) is 0 Å². The Labute approximate surface area is 96.9 Å². The van der Waals surface area contributed by atoms with E-state index in [4.69, 9.17) is 10.00 Å². The molecule has 2 nitrogen and oxygen atoms in total. The molecule has 0 saturated carbocycles. The summed E-state index contributed by atoms with van der Waals surface area (Å²) in [4.78, 5) is 0. The van der Waals surface area contributed by atoms with Crippen LogP contribution in [-0.4, -0.2) is 6.61 Å². The highest BCUT2D eigenvalue weighted by Crippen LogP contribution is 2.26. The van der Waals surface area contributed by atoms with E-state index in [2.05, 4.69) is 25.1 Å². The van der Waals surface area contributed by atoms with E-state index in [1.54, 1.807) is 0 Å². The first-order chi connectivity index (χ1) is 7.83. The van der Waals surface area contributed by atoms with Gasteiger partial charge in [0.25, 0.3) is 0 Å². The van der Waals surface area contributed by atoms with Crippen LogP contribution in [0.15, 0.2) is 18.2 Å². The molecule has 1 aliphatic heterocycles. The monoisotopic (exact) mass is 215 g/mol. The minimum Gasteiger partial charge on any atom is -0.493 e. The summed E-state index contributed by atoms with van der Waals surface area (Å²) in [6, 6.07) is 8.69. The number of hydrogen-bond acceptors (Lipinski definition) is 2. The van der Waals surface area contributed by atoms with Crippen LogP contribution < -0.4 is 4.74 Å². The van der Waals surface area contributed by atoms with Crippen molar-refractivity contribution in [3.05, 3.63) is 29.3 Å². The standard InChI is InChI=1S/C14H17NO/c1-2-11(10-15)8-12-5-6-14-13(9-12)4-3-7-16-14/h5-6,9,11H,2-4,7-8H2,1H3. The molecule has 1 atom stereocenters. The molecule has 1 heterocycles. The zero-order valence-electron chi connectivity index (χ0n) is 9.70. The fourth-order valence-corrected chi connectivity index (χ4v) is 2.11. The molecule has 0 bridgehead atoms. The number of ether oxygens (including phenoxy) is 1. The maximum atomic E-state index is 8.95. The number of rotatable bonds is 3. The smallest absolute Gasteiger partial charge is 0.122 e. The molecule has 1 aromatic rings. The van der Waals surface area contributed by atoms with Crippen LogP contribution in [0.25, 0.3) is 0 Å². The van der Waals surface area contributed by atoms with E-state index in [0.29, 0.717) is 0 Å². The summed E-state index contributed by atoms with van der Waals surface area (Å²) in [5, 5.41) is 8.95. The number of nitriles is 1. The largest absolute Gasteiger partial charge is 0.493 e. The zero-order valence-corrected chi connectivity index (χ0v) is 9.70. The molecule has 2 rings (SSSR count). The minimum atomic E-state index is 0.141. The third-order valence-corrected chi connectivity index (χ3v) is 3.13. The van der Waals surface area contributed by atoms with Gasteiger partial charge in [0.15, 0.2) is 0 Å². The SMILES string of the molecule is CCC(C#N)Cc1ccc2c(c1)CCCO2. The van der Waals surface area contributed by atoms with Crippen LogP contribution in [0.2, 0.25) is 0 Å². The number of fused-ring (bicyclic) bond motifs is 1. The molecular weight excluding hydrogens is 198 g/mol. The Bertz CT molecular complexity index is 406. The summed E-state index contributed by atoms with van der Waals surface area (Å²) in [5.41, 5.74) is 2.56. The summed E-state index contributed by atoms with van der Waals surface area (Å²) in [6.07, 6.45) is 3.99. The number of hydrogen-bond donors (Lipinski definition) is 0. The van der Waals surface area contributed by atoms with Gasteiger partial charge in [-0.3, -0.25) is 0 Å². The molecule has 0 aromatic heterocycles. The number of nitrogens with zero attached hydrogens (tertiary/aromatic N) is 1. The predicted molar refractivity (Wildman–Crippen MR) is 63.4 cm³/mol. The lowest BCUT2D eigenvalue weighted by atomic mass is 9.95. The first-order valence-corrected chi connectivity index (χ1v) is 5.97. The zero-order chi connectivity index (χ0) is 11.4. The van der Waals surface area contributed by atoms with Crippen LogP contribution >= 0.6 is 0 Å². The summed E-state index contributed by atoms with van der Waals surface area (Å²) in [6.45, 7) is 2.90. The molecular formula is C14H17NO. The van der Waals surface area contributed by atoms with E-state index in [-0.39, 0.29) is 5.92 Å². The van der Waals surface area contributed by atoms with Crippen LogP contribution in [0.1, 0.15) is 30.9 Å².